The standard InChI is InChI=1S/C16H23N3O/c1-2-19-9-8-14(12-19)11-18-16(20)7-6-13-4-3-5-15(17)10-13/h3-7,10,14H,2,8-9,11-12,17H2,1H3,(H,18,20)/b7-6+. The summed E-state index contributed by atoms with van der Waals surface area (Å²) in [7, 11) is 0. The Balaban J connectivity index is 1.75. The molecule has 1 atom stereocenters. The second-order valence-electron chi connectivity index (χ2n) is 5.30. The number of amides is 1. The Morgan fingerprint density at radius 1 is 1.55 bits per heavy atom. The van der Waals surface area contributed by atoms with Crippen LogP contribution in [0.4, 0.5) is 5.69 Å². The zero-order chi connectivity index (χ0) is 14.4. The molecule has 0 saturated carbocycles. The molecule has 1 fully saturated rings. The first kappa shape index (κ1) is 14.6. The van der Waals surface area contributed by atoms with Crippen LogP contribution in [0.1, 0.15) is 18.9 Å². The van der Waals surface area contributed by atoms with Gasteiger partial charge in [0.2, 0.25) is 5.91 Å². The molecule has 1 aromatic carbocycles. The summed E-state index contributed by atoms with van der Waals surface area (Å²) in [5, 5.41) is 2.97. The first-order chi connectivity index (χ1) is 9.67. The quantitative estimate of drug-likeness (QED) is 0.634. The average molecular weight is 273 g/mol. The third-order valence-corrected chi connectivity index (χ3v) is 3.72. The summed E-state index contributed by atoms with van der Waals surface area (Å²) in [5.41, 5.74) is 7.34. The molecule has 0 aromatic heterocycles. The van der Waals surface area contributed by atoms with Crippen LogP contribution >= 0.6 is 0 Å². The molecular formula is C16H23N3O. The van der Waals surface area contributed by atoms with Crippen molar-refractivity contribution in [3.05, 3.63) is 35.9 Å². The van der Waals surface area contributed by atoms with Gasteiger partial charge < -0.3 is 16.0 Å². The first-order valence-electron chi connectivity index (χ1n) is 7.21. The van der Waals surface area contributed by atoms with Crippen LogP contribution < -0.4 is 11.1 Å². The Kier molecular flexibility index (Phi) is 5.18. The summed E-state index contributed by atoms with van der Waals surface area (Å²) < 4.78 is 0. The van der Waals surface area contributed by atoms with Crippen LogP contribution in [0.3, 0.4) is 0 Å². The summed E-state index contributed by atoms with van der Waals surface area (Å²) in [5.74, 6) is 0.544. The number of nitrogens with two attached hydrogens (primary N) is 1. The summed E-state index contributed by atoms with van der Waals surface area (Å²) in [6.07, 6.45) is 4.53. The number of hydrogen-bond donors (Lipinski definition) is 2. The predicted octanol–water partition coefficient (Wildman–Crippen LogP) is 1.74. The van der Waals surface area contributed by atoms with E-state index in [0.29, 0.717) is 11.6 Å². The highest BCUT2D eigenvalue weighted by Crippen LogP contribution is 2.14. The number of hydrogen-bond acceptors (Lipinski definition) is 3. The number of nitrogens with zero attached hydrogens (tertiary/aromatic N) is 1. The molecule has 3 N–H and O–H groups in total. The van der Waals surface area contributed by atoms with Crippen LogP contribution in [0.25, 0.3) is 6.08 Å². The highest BCUT2D eigenvalue weighted by atomic mass is 16.1. The Morgan fingerprint density at radius 2 is 2.40 bits per heavy atom. The van der Waals surface area contributed by atoms with Gasteiger partial charge in [-0.25, -0.2) is 0 Å². The van der Waals surface area contributed by atoms with Crippen molar-refractivity contribution in [2.45, 2.75) is 13.3 Å². The second-order valence-corrected chi connectivity index (χ2v) is 5.30. The highest BCUT2D eigenvalue weighted by Gasteiger charge is 2.20. The first-order valence-corrected chi connectivity index (χ1v) is 7.21. The van der Waals surface area contributed by atoms with Crippen LogP contribution in [0.5, 0.6) is 0 Å². The fraction of sp³-hybridized carbons (Fsp3) is 0.438. The number of nitrogen functional groups attached to an aromatic ring is 1. The number of anilines is 1. The fourth-order valence-electron chi connectivity index (χ4n) is 2.51. The minimum atomic E-state index is -0.0395. The molecule has 0 radical (unpaired) electrons. The zero-order valence-corrected chi connectivity index (χ0v) is 12.0. The van der Waals surface area contributed by atoms with Gasteiger partial charge in [0.05, 0.1) is 0 Å². The van der Waals surface area contributed by atoms with Crippen LogP contribution in [0.2, 0.25) is 0 Å². The number of carbonyl (C=O) groups is 1. The van der Waals surface area contributed by atoms with Gasteiger partial charge >= 0.3 is 0 Å². The maximum Gasteiger partial charge on any atom is 0.244 e. The van der Waals surface area contributed by atoms with Gasteiger partial charge in [0, 0.05) is 24.9 Å². The van der Waals surface area contributed by atoms with Gasteiger partial charge in [-0.3, -0.25) is 4.79 Å². The van der Waals surface area contributed by atoms with E-state index in [4.69, 9.17) is 5.73 Å². The molecule has 2 rings (SSSR count). The fourth-order valence-corrected chi connectivity index (χ4v) is 2.51. The maximum atomic E-state index is 11.8. The molecule has 1 unspecified atom stereocenters. The van der Waals surface area contributed by atoms with Gasteiger partial charge in [0.25, 0.3) is 0 Å². The Hall–Kier alpha value is -1.81. The van der Waals surface area contributed by atoms with Crippen molar-refractivity contribution in [2.24, 2.45) is 5.92 Å². The van der Waals surface area contributed by atoms with E-state index in [1.54, 1.807) is 12.2 Å². The van der Waals surface area contributed by atoms with Gasteiger partial charge in [-0.2, -0.15) is 0 Å². The highest BCUT2D eigenvalue weighted by molar-refractivity contribution is 5.91. The summed E-state index contributed by atoms with van der Waals surface area (Å²) >= 11 is 0. The minimum absolute atomic E-state index is 0.0395. The summed E-state index contributed by atoms with van der Waals surface area (Å²) in [6, 6.07) is 7.48. The van der Waals surface area contributed by atoms with Crippen molar-refractivity contribution in [3.8, 4) is 0 Å². The molecule has 1 amide bonds. The van der Waals surface area contributed by atoms with Crippen molar-refractivity contribution in [2.75, 3.05) is 31.9 Å². The van der Waals surface area contributed by atoms with E-state index in [2.05, 4.69) is 17.1 Å². The van der Waals surface area contributed by atoms with E-state index < -0.39 is 0 Å². The molecule has 4 nitrogen and oxygen atoms in total. The van der Waals surface area contributed by atoms with E-state index in [1.165, 1.54) is 6.42 Å². The molecule has 0 aliphatic carbocycles. The molecule has 108 valence electrons. The molecular weight excluding hydrogens is 250 g/mol. The largest absolute Gasteiger partial charge is 0.399 e. The molecule has 1 aliphatic heterocycles. The SMILES string of the molecule is CCN1CCC(CNC(=O)/C=C/c2cccc(N)c2)C1. The van der Waals surface area contributed by atoms with Crippen molar-refractivity contribution in [3.63, 3.8) is 0 Å². The lowest BCUT2D eigenvalue weighted by Crippen LogP contribution is -2.29. The Morgan fingerprint density at radius 3 is 3.10 bits per heavy atom. The summed E-state index contributed by atoms with van der Waals surface area (Å²) in [6.45, 7) is 6.28. The van der Waals surface area contributed by atoms with Crippen molar-refractivity contribution in [1.29, 1.82) is 0 Å². The normalized spacial score (nSPS) is 19.6. The van der Waals surface area contributed by atoms with Gasteiger partial charge in [0.1, 0.15) is 0 Å². The number of carbonyl (C=O) groups excluding carboxylic acids is 1. The number of benzene rings is 1. The molecule has 1 aliphatic rings. The van der Waals surface area contributed by atoms with Gasteiger partial charge in [0.15, 0.2) is 0 Å². The monoisotopic (exact) mass is 273 g/mol. The summed E-state index contributed by atoms with van der Waals surface area (Å²) in [4.78, 5) is 14.2. The Labute approximate surface area is 120 Å². The van der Waals surface area contributed by atoms with E-state index >= 15 is 0 Å². The molecule has 20 heavy (non-hydrogen) atoms. The van der Waals surface area contributed by atoms with E-state index in [1.807, 2.05) is 24.3 Å². The number of likely N-dealkylation sites (tertiary alicyclic amines) is 1. The predicted molar refractivity (Wildman–Crippen MR) is 83.1 cm³/mol. The zero-order valence-electron chi connectivity index (χ0n) is 12.0. The van der Waals surface area contributed by atoms with Crippen LogP contribution in [0, 0.1) is 5.92 Å². The molecule has 4 heteroatoms. The number of nitrogens with one attached hydrogen (secondary N) is 1. The van der Waals surface area contributed by atoms with E-state index in [-0.39, 0.29) is 5.91 Å². The van der Waals surface area contributed by atoms with Gasteiger partial charge in [-0.15, -0.1) is 0 Å². The van der Waals surface area contributed by atoms with Crippen LogP contribution in [0.15, 0.2) is 30.3 Å². The van der Waals surface area contributed by atoms with Crippen molar-refractivity contribution < 1.29 is 4.79 Å². The third-order valence-electron chi connectivity index (χ3n) is 3.72. The molecule has 1 aromatic rings. The van der Waals surface area contributed by atoms with Crippen molar-refractivity contribution >= 4 is 17.7 Å². The van der Waals surface area contributed by atoms with Crippen LogP contribution in [-0.2, 0) is 4.79 Å². The maximum absolute atomic E-state index is 11.8. The Bertz CT molecular complexity index is 484. The lowest BCUT2D eigenvalue weighted by Gasteiger charge is -2.13. The van der Waals surface area contributed by atoms with Crippen molar-refractivity contribution in [1.82, 2.24) is 10.2 Å². The smallest absolute Gasteiger partial charge is 0.244 e. The third kappa shape index (κ3) is 4.38. The molecule has 0 spiro atoms. The molecule has 1 heterocycles. The lowest BCUT2D eigenvalue weighted by atomic mass is 10.1. The molecule has 1 saturated heterocycles. The van der Waals surface area contributed by atoms with Crippen LogP contribution in [-0.4, -0.2) is 37.0 Å². The lowest BCUT2D eigenvalue weighted by molar-refractivity contribution is -0.116. The van der Waals surface area contributed by atoms with E-state index in [9.17, 15) is 4.79 Å². The van der Waals surface area contributed by atoms with E-state index in [0.717, 1.165) is 31.7 Å². The van der Waals surface area contributed by atoms with Gasteiger partial charge in [-0.05, 0) is 49.2 Å². The average Bonchev–Trinajstić information content (AvgIpc) is 2.91. The number of rotatable bonds is 5. The topological polar surface area (TPSA) is 58.4 Å². The molecule has 0 bridgehead atoms. The van der Waals surface area contributed by atoms with Gasteiger partial charge in [-0.1, -0.05) is 19.1 Å². The minimum Gasteiger partial charge on any atom is -0.399 e. The second kappa shape index (κ2) is 7.10.